The van der Waals surface area contributed by atoms with Crippen LogP contribution in [0, 0.1) is 11.7 Å². The number of esters is 1. The molecule has 1 aliphatic carbocycles. The highest BCUT2D eigenvalue weighted by atomic mass is 19.1. The van der Waals surface area contributed by atoms with Gasteiger partial charge in [-0.3, -0.25) is 9.59 Å². The van der Waals surface area contributed by atoms with E-state index >= 15 is 0 Å². The first-order valence-corrected chi connectivity index (χ1v) is 16.9. The lowest BCUT2D eigenvalue weighted by Crippen LogP contribution is -2.53. The van der Waals surface area contributed by atoms with Gasteiger partial charge in [0.2, 0.25) is 5.91 Å². The molecule has 5 rings (SSSR count). The second-order valence-corrected chi connectivity index (χ2v) is 12.7. The van der Waals surface area contributed by atoms with Crippen LogP contribution in [0.3, 0.4) is 0 Å². The van der Waals surface area contributed by atoms with Crippen LogP contribution in [-0.4, -0.2) is 63.8 Å². The molecular weight excluding hydrogens is 613 g/mol. The zero-order chi connectivity index (χ0) is 33.9. The maximum atomic E-state index is 14.0. The number of ether oxygens (including phenoxy) is 3. The lowest BCUT2D eigenvalue weighted by Gasteiger charge is -2.29. The molecule has 0 aromatic heterocycles. The van der Waals surface area contributed by atoms with Crippen LogP contribution in [-0.2, 0) is 27.3 Å². The zero-order valence-corrected chi connectivity index (χ0v) is 27.8. The van der Waals surface area contributed by atoms with Crippen LogP contribution >= 0.6 is 0 Å². The molecule has 9 nitrogen and oxygen atoms in total. The van der Waals surface area contributed by atoms with E-state index in [1.165, 1.54) is 32.4 Å². The topological polar surface area (TPSA) is 106 Å². The molecule has 1 saturated carbocycles. The summed E-state index contributed by atoms with van der Waals surface area (Å²) in [6.07, 6.45) is 8.02. The van der Waals surface area contributed by atoms with Crippen LogP contribution in [0.2, 0.25) is 0 Å². The second-order valence-electron chi connectivity index (χ2n) is 12.7. The number of nitrogens with zero attached hydrogens (tertiary/aromatic N) is 1. The molecule has 1 heterocycles. The Morgan fingerprint density at radius 2 is 1.73 bits per heavy atom. The minimum atomic E-state index is -0.737. The van der Waals surface area contributed by atoms with Crippen molar-refractivity contribution in [2.75, 3.05) is 38.8 Å². The van der Waals surface area contributed by atoms with E-state index in [1.807, 2.05) is 0 Å². The fourth-order valence-electron chi connectivity index (χ4n) is 6.66. The first-order chi connectivity index (χ1) is 23.3. The van der Waals surface area contributed by atoms with Gasteiger partial charge < -0.3 is 29.7 Å². The average Bonchev–Trinajstić information content (AvgIpc) is 3.51. The van der Waals surface area contributed by atoms with Gasteiger partial charge in [-0.25, -0.2) is 9.18 Å². The summed E-state index contributed by atoms with van der Waals surface area (Å²) >= 11 is 0. The molecule has 0 saturated heterocycles. The van der Waals surface area contributed by atoms with Crippen LogP contribution in [0.15, 0.2) is 66.7 Å². The van der Waals surface area contributed by atoms with Crippen LogP contribution < -0.4 is 20.3 Å². The Hall–Kier alpha value is -4.44. The van der Waals surface area contributed by atoms with E-state index in [0.717, 1.165) is 36.1 Å². The standard InChI is InChI=1S/C38H46FN3O6/c1-46-33-10-6-9-30(22-33)36(43)41-34(17-13-26-7-4-3-5-8-26)37(44)40-32(23-42-20-19-29-21-31(39)16-18-35(29)42)25-48-24-27-11-14-28(15-12-27)38(45)47-2/h6,9-12,14-16,18,21-22,26,32,34H,3-5,7-8,13,17,19-20,23-25H2,1-2H3,(H,40,44)(H,41,43)/t32-,34-/m0/s1. The highest BCUT2D eigenvalue weighted by Crippen LogP contribution is 2.29. The molecule has 2 atom stereocenters. The number of nitrogens with one attached hydrogen (secondary N) is 2. The molecule has 3 aromatic carbocycles. The van der Waals surface area contributed by atoms with Crippen molar-refractivity contribution in [3.63, 3.8) is 0 Å². The Morgan fingerprint density at radius 1 is 0.938 bits per heavy atom. The summed E-state index contributed by atoms with van der Waals surface area (Å²) < 4.78 is 30.1. The third-order valence-corrected chi connectivity index (χ3v) is 9.33. The highest BCUT2D eigenvalue weighted by molar-refractivity contribution is 5.98. The maximum absolute atomic E-state index is 14.0. The summed E-state index contributed by atoms with van der Waals surface area (Å²) in [5, 5.41) is 6.20. The molecule has 48 heavy (non-hydrogen) atoms. The third-order valence-electron chi connectivity index (χ3n) is 9.33. The SMILES string of the molecule is COC(=O)c1ccc(COC[C@H](CN2CCc3cc(F)ccc32)NC(=O)[C@H](CCC2CCCCC2)NC(=O)c2cccc(OC)c2)cc1. The number of benzene rings is 3. The molecule has 1 aliphatic heterocycles. The van der Waals surface area contributed by atoms with Crippen molar-refractivity contribution in [1.82, 2.24) is 10.6 Å². The monoisotopic (exact) mass is 659 g/mol. The van der Waals surface area contributed by atoms with Crippen LogP contribution in [0.1, 0.15) is 76.8 Å². The minimum Gasteiger partial charge on any atom is -0.497 e. The smallest absolute Gasteiger partial charge is 0.337 e. The molecule has 0 spiro atoms. The molecule has 10 heteroatoms. The number of methoxy groups -OCH3 is 2. The molecule has 2 aliphatic rings. The largest absolute Gasteiger partial charge is 0.497 e. The molecule has 2 N–H and O–H groups in total. The minimum absolute atomic E-state index is 0.205. The fourth-order valence-corrected chi connectivity index (χ4v) is 6.66. The highest BCUT2D eigenvalue weighted by Gasteiger charge is 2.28. The first kappa shape index (κ1) is 34.9. The van der Waals surface area contributed by atoms with Crippen molar-refractivity contribution in [1.29, 1.82) is 0 Å². The van der Waals surface area contributed by atoms with Crippen LogP contribution in [0.5, 0.6) is 5.75 Å². The van der Waals surface area contributed by atoms with Gasteiger partial charge in [-0.2, -0.15) is 0 Å². The van der Waals surface area contributed by atoms with Crippen molar-refractivity contribution in [2.24, 2.45) is 5.92 Å². The van der Waals surface area contributed by atoms with Gasteiger partial charge in [0.15, 0.2) is 0 Å². The number of anilines is 1. The van der Waals surface area contributed by atoms with E-state index in [9.17, 15) is 18.8 Å². The average molecular weight is 660 g/mol. The Kier molecular flexibility index (Phi) is 12.4. The van der Waals surface area contributed by atoms with Gasteiger partial charge in [0.05, 0.1) is 39.0 Å². The fraction of sp³-hybridized carbons (Fsp3) is 0.447. The number of carbonyl (C=O) groups excluding carboxylic acids is 3. The van der Waals surface area contributed by atoms with Gasteiger partial charge >= 0.3 is 5.97 Å². The van der Waals surface area contributed by atoms with E-state index in [0.29, 0.717) is 48.7 Å². The van der Waals surface area contributed by atoms with Gasteiger partial charge in [0.25, 0.3) is 5.91 Å². The molecule has 1 fully saturated rings. The Bertz CT molecular complexity index is 1540. The number of fused-ring (bicyclic) bond motifs is 1. The molecule has 3 aromatic rings. The molecule has 0 radical (unpaired) electrons. The number of amides is 2. The normalized spacial score (nSPS) is 15.7. The van der Waals surface area contributed by atoms with E-state index < -0.39 is 18.1 Å². The van der Waals surface area contributed by atoms with E-state index in [-0.39, 0.29) is 30.8 Å². The molecular formula is C38H46FN3O6. The maximum Gasteiger partial charge on any atom is 0.337 e. The summed E-state index contributed by atoms with van der Waals surface area (Å²) in [6, 6.07) is 17.5. The lowest BCUT2D eigenvalue weighted by molar-refractivity contribution is -0.124. The Morgan fingerprint density at radius 3 is 2.48 bits per heavy atom. The zero-order valence-electron chi connectivity index (χ0n) is 27.8. The van der Waals surface area contributed by atoms with Gasteiger partial charge in [-0.05, 0) is 84.8 Å². The van der Waals surface area contributed by atoms with E-state index in [2.05, 4.69) is 15.5 Å². The Balaban J connectivity index is 1.30. The second kappa shape index (κ2) is 17.1. The molecule has 0 unspecified atom stereocenters. The predicted octanol–water partition coefficient (Wildman–Crippen LogP) is 5.84. The summed E-state index contributed by atoms with van der Waals surface area (Å²) in [4.78, 5) is 41.4. The summed E-state index contributed by atoms with van der Waals surface area (Å²) in [5.74, 6) is -0.182. The predicted molar refractivity (Wildman–Crippen MR) is 182 cm³/mol. The third kappa shape index (κ3) is 9.56. The number of halogens is 1. The van der Waals surface area contributed by atoms with Crippen molar-refractivity contribution in [3.05, 3.63) is 94.8 Å². The van der Waals surface area contributed by atoms with Gasteiger partial charge in [-0.15, -0.1) is 0 Å². The van der Waals surface area contributed by atoms with E-state index in [1.54, 1.807) is 67.8 Å². The van der Waals surface area contributed by atoms with Crippen LogP contribution in [0.4, 0.5) is 10.1 Å². The molecule has 0 bridgehead atoms. The summed E-state index contributed by atoms with van der Waals surface area (Å²) in [7, 11) is 2.89. The van der Waals surface area contributed by atoms with Gasteiger partial charge in [-0.1, -0.05) is 50.3 Å². The van der Waals surface area contributed by atoms with Crippen molar-refractivity contribution in [2.45, 2.75) is 70.1 Å². The number of carbonyl (C=O) groups is 3. The number of rotatable bonds is 15. The molecule has 256 valence electrons. The van der Waals surface area contributed by atoms with Crippen molar-refractivity contribution >= 4 is 23.5 Å². The molecule has 2 amide bonds. The summed E-state index contributed by atoms with van der Waals surface area (Å²) in [5.41, 5.74) is 3.61. The number of hydrogen-bond donors (Lipinski definition) is 2. The van der Waals surface area contributed by atoms with Crippen molar-refractivity contribution in [3.8, 4) is 5.75 Å². The Labute approximate surface area is 282 Å². The van der Waals surface area contributed by atoms with Crippen LogP contribution in [0.25, 0.3) is 0 Å². The quantitative estimate of drug-likeness (QED) is 0.198. The number of hydrogen-bond acceptors (Lipinski definition) is 7. The first-order valence-electron chi connectivity index (χ1n) is 16.9. The summed E-state index contributed by atoms with van der Waals surface area (Å²) in [6.45, 7) is 1.62. The van der Waals surface area contributed by atoms with Gasteiger partial charge in [0.1, 0.15) is 17.6 Å². The van der Waals surface area contributed by atoms with Crippen molar-refractivity contribution < 1.29 is 33.0 Å². The lowest BCUT2D eigenvalue weighted by atomic mass is 9.85. The van der Waals surface area contributed by atoms with E-state index in [4.69, 9.17) is 14.2 Å². The van der Waals surface area contributed by atoms with Gasteiger partial charge in [0, 0.05) is 24.3 Å².